The van der Waals surface area contributed by atoms with Gasteiger partial charge in [-0.15, -0.1) is 12.4 Å². The van der Waals surface area contributed by atoms with Crippen LogP contribution in [0, 0.1) is 12.8 Å². The minimum atomic E-state index is 0. The van der Waals surface area contributed by atoms with Gasteiger partial charge in [-0.25, -0.2) is 0 Å². The summed E-state index contributed by atoms with van der Waals surface area (Å²) in [7, 11) is 0. The van der Waals surface area contributed by atoms with Gasteiger partial charge in [-0.1, -0.05) is 18.1 Å². The number of nitrogens with one attached hydrogen (secondary N) is 1. The molecule has 2 aromatic rings. The first-order valence-electron chi connectivity index (χ1n) is 8.07. The van der Waals surface area contributed by atoms with Crippen molar-refractivity contribution >= 4 is 24.0 Å². The first kappa shape index (κ1) is 18.4. The number of aryl methyl sites for hydroxylation is 2. The first-order valence-corrected chi connectivity index (χ1v) is 8.07. The summed E-state index contributed by atoms with van der Waals surface area (Å²) >= 11 is 0. The second-order valence-electron chi connectivity index (χ2n) is 6.16. The highest BCUT2D eigenvalue weighted by Crippen LogP contribution is 2.28. The molecule has 7 heteroatoms. The Labute approximate surface area is 147 Å². The molecule has 0 saturated heterocycles. The minimum absolute atomic E-state index is 0. The topological polar surface area (TPSA) is 94.0 Å². The van der Waals surface area contributed by atoms with Crippen LogP contribution in [0.25, 0.3) is 11.5 Å². The molecule has 130 valence electrons. The highest BCUT2D eigenvalue weighted by molar-refractivity contribution is 5.94. The number of aromatic nitrogens is 2. The van der Waals surface area contributed by atoms with E-state index in [1.165, 1.54) is 0 Å². The predicted molar refractivity (Wildman–Crippen MR) is 95.0 cm³/mol. The van der Waals surface area contributed by atoms with E-state index in [1.54, 1.807) is 0 Å². The van der Waals surface area contributed by atoms with Crippen LogP contribution in [0.15, 0.2) is 22.7 Å². The summed E-state index contributed by atoms with van der Waals surface area (Å²) in [6, 6.07) is 5.89. The Kier molecular flexibility index (Phi) is 5.96. The van der Waals surface area contributed by atoms with E-state index in [0.29, 0.717) is 11.7 Å². The number of carbonyl (C=O) groups excluding carboxylic acids is 1. The molecule has 3 rings (SSSR count). The highest BCUT2D eigenvalue weighted by Gasteiger charge is 2.28. The molecule has 0 radical (unpaired) electrons. The van der Waals surface area contributed by atoms with Gasteiger partial charge in [0.25, 0.3) is 5.89 Å². The molecule has 1 aromatic heterocycles. The number of nitrogens with two attached hydrogens (primary N) is 1. The molecular weight excluding hydrogens is 328 g/mol. The standard InChI is InChI=1S/C17H22N4O2.ClH/c1-3-15-20-17(23-21-15)12-5-4-10(2)14(9-12)19-16(22)11-6-7-13(18)8-11;/h4-5,9,11,13H,3,6-8,18H2,1-2H3,(H,19,22);1H. The average molecular weight is 351 g/mol. The van der Waals surface area contributed by atoms with Gasteiger partial charge in [0, 0.05) is 29.6 Å². The fourth-order valence-corrected chi connectivity index (χ4v) is 2.89. The van der Waals surface area contributed by atoms with E-state index >= 15 is 0 Å². The number of benzene rings is 1. The molecule has 1 amide bonds. The van der Waals surface area contributed by atoms with Crippen molar-refractivity contribution in [3.63, 3.8) is 0 Å². The Balaban J connectivity index is 0.00000208. The molecule has 0 bridgehead atoms. The van der Waals surface area contributed by atoms with Crippen molar-refractivity contribution in [2.75, 3.05) is 5.32 Å². The van der Waals surface area contributed by atoms with E-state index in [0.717, 1.165) is 42.5 Å². The normalized spacial score (nSPS) is 19.8. The molecule has 2 unspecified atom stereocenters. The van der Waals surface area contributed by atoms with Gasteiger partial charge < -0.3 is 15.6 Å². The second-order valence-corrected chi connectivity index (χ2v) is 6.16. The summed E-state index contributed by atoms with van der Waals surface area (Å²) in [6.45, 7) is 3.94. The lowest BCUT2D eigenvalue weighted by atomic mass is 10.1. The molecule has 6 nitrogen and oxygen atoms in total. The summed E-state index contributed by atoms with van der Waals surface area (Å²) in [5.74, 6) is 1.19. The Morgan fingerprint density at radius 3 is 2.83 bits per heavy atom. The van der Waals surface area contributed by atoms with Crippen LogP contribution in [0.5, 0.6) is 0 Å². The van der Waals surface area contributed by atoms with Gasteiger partial charge in [0.15, 0.2) is 5.82 Å². The van der Waals surface area contributed by atoms with Gasteiger partial charge in [-0.05, 0) is 43.9 Å². The van der Waals surface area contributed by atoms with Crippen LogP contribution >= 0.6 is 12.4 Å². The van der Waals surface area contributed by atoms with Gasteiger partial charge in [0.2, 0.25) is 5.91 Å². The number of nitrogens with zero attached hydrogens (tertiary/aromatic N) is 2. The van der Waals surface area contributed by atoms with Crippen molar-refractivity contribution in [2.45, 2.75) is 45.6 Å². The molecule has 1 saturated carbocycles. The molecule has 0 spiro atoms. The van der Waals surface area contributed by atoms with Crippen molar-refractivity contribution in [3.05, 3.63) is 29.6 Å². The maximum Gasteiger partial charge on any atom is 0.257 e. The lowest BCUT2D eigenvalue weighted by molar-refractivity contribution is -0.119. The Bertz CT molecular complexity index is 716. The Morgan fingerprint density at radius 2 is 2.21 bits per heavy atom. The van der Waals surface area contributed by atoms with E-state index in [-0.39, 0.29) is 30.3 Å². The quantitative estimate of drug-likeness (QED) is 0.883. The minimum Gasteiger partial charge on any atom is -0.334 e. The molecule has 3 N–H and O–H groups in total. The fraction of sp³-hybridized carbons (Fsp3) is 0.471. The third-order valence-electron chi connectivity index (χ3n) is 4.37. The largest absolute Gasteiger partial charge is 0.334 e. The number of amides is 1. The zero-order valence-electron chi connectivity index (χ0n) is 13.9. The summed E-state index contributed by atoms with van der Waals surface area (Å²) in [5, 5.41) is 6.93. The van der Waals surface area contributed by atoms with Gasteiger partial charge in [-0.2, -0.15) is 4.98 Å². The van der Waals surface area contributed by atoms with Crippen LogP contribution in [-0.4, -0.2) is 22.1 Å². The molecule has 1 fully saturated rings. The molecule has 1 aliphatic rings. The summed E-state index contributed by atoms with van der Waals surface area (Å²) in [4.78, 5) is 16.7. The number of hydrogen-bond acceptors (Lipinski definition) is 5. The van der Waals surface area contributed by atoms with E-state index in [9.17, 15) is 4.79 Å². The van der Waals surface area contributed by atoms with Crippen molar-refractivity contribution in [3.8, 4) is 11.5 Å². The van der Waals surface area contributed by atoms with E-state index in [4.69, 9.17) is 10.3 Å². The average Bonchev–Trinajstić information content (AvgIpc) is 3.18. The lowest BCUT2D eigenvalue weighted by Crippen LogP contribution is -2.23. The number of rotatable bonds is 4. The summed E-state index contributed by atoms with van der Waals surface area (Å²) < 4.78 is 5.26. The van der Waals surface area contributed by atoms with Crippen LogP contribution in [0.3, 0.4) is 0 Å². The monoisotopic (exact) mass is 350 g/mol. The van der Waals surface area contributed by atoms with E-state index < -0.39 is 0 Å². The first-order chi connectivity index (χ1) is 11.1. The van der Waals surface area contributed by atoms with Crippen LogP contribution in [0.4, 0.5) is 5.69 Å². The zero-order valence-corrected chi connectivity index (χ0v) is 14.7. The van der Waals surface area contributed by atoms with Crippen LogP contribution in [-0.2, 0) is 11.2 Å². The van der Waals surface area contributed by atoms with Crippen LogP contribution in [0.2, 0.25) is 0 Å². The van der Waals surface area contributed by atoms with Crippen molar-refractivity contribution in [1.82, 2.24) is 10.1 Å². The van der Waals surface area contributed by atoms with Crippen LogP contribution in [0.1, 0.15) is 37.6 Å². The van der Waals surface area contributed by atoms with Crippen molar-refractivity contribution in [1.29, 1.82) is 0 Å². The molecule has 2 atom stereocenters. The fourth-order valence-electron chi connectivity index (χ4n) is 2.89. The SMILES string of the molecule is CCc1noc(-c2ccc(C)c(NC(=O)C3CCC(N)C3)c2)n1.Cl. The molecular formula is C17H23ClN4O2. The summed E-state index contributed by atoms with van der Waals surface area (Å²) in [5.41, 5.74) is 8.48. The zero-order chi connectivity index (χ0) is 16.4. The predicted octanol–water partition coefficient (Wildman–Crippen LogP) is 3.10. The molecule has 24 heavy (non-hydrogen) atoms. The molecule has 1 aliphatic carbocycles. The van der Waals surface area contributed by atoms with E-state index in [1.807, 2.05) is 32.0 Å². The Morgan fingerprint density at radius 1 is 1.42 bits per heavy atom. The maximum absolute atomic E-state index is 12.4. The molecule has 0 aliphatic heterocycles. The number of hydrogen-bond donors (Lipinski definition) is 2. The van der Waals surface area contributed by atoms with Crippen molar-refractivity contribution < 1.29 is 9.32 Å². The lowest BCUT2D eigenvalue weighted by Gasteiger charge is -2.13. The van der Waals surface area contributed by atoms with Crippen molar-refractivity contribution in [2.24, 2.45) is 11.7 Å². The van der Waals surface area contributed by atoms with Gasteiger partial charge in [0.05, 0.1) is 0 Å². The summed E-state index contributed by atoms with van der Waals surface area (Å²) in [6.07, 6.45) is 3.25. The van der Waals surface area contributed by atoms with Gasteiger partial charge in [-0.3, -0.25) is 4.79 Å². The van der Waals surface area contributed by atoms with Gasteiger partial charge >= 0.3 is 0 Å². The van der Waals surface area contributed by atoms with Crippen LogP contribution < -0.4 is 11.1 Å². The smallest absolute Gasteiger partial charge is 0.257 e. The maximum atomic E-state index is 12.4. The number of anilines is 1. The number of halogens is 1. The second kappa shape index (κ2) is 7.77. The van der Waals surface area contributed by atoms with Gasteiger partial charge in [0.1, 0.15) is 0 Å². The molecule has 1 heterocycles. The number of carbonyl (C=O) groups is 1. The van der Waals surface area contributed by atoms with E-state index in [2.05, 4.69) is 15.5 Å². The Hall–Kier alpha value is -1.92. The third kappa shape index (κ3) is 3.94. The highest BCUT2D eigenvalue weighted by atomic mass is 35.5. The molecule has 1 aromatic carbocycles. The third-order valence-corrected chi connectivity index (χ3v) is 4.37.